The van der Waals surface area contributed by atoms with Gasteiger partial charge >= 0.3 is 0 Å². The Hall–Kier alpha value is -2.70. The largest absolute Gasteiger partial charge is 0.379 e. The van der Waals surface area contributed by atoms with Crippen molar-refractivity contribution in [3.05, 3.63) is 70.8 Å². The van der Waals surface area contributed by atoms with Gasteiger partial charge in [0.15, 0.2) is 0 Å². The van der Waals surface area contributed by atoms with E-state index in [0.29, 0.717) is 6.54 Å². The third-order valence-electron chi connectivity index (χ3n) is 8.39. The summed E-state index contributed by atoms with van der Waals surface area (Å²) in [5.41, 5.74) is 4.94. The molecule has 1 N–H and O–H groups in total. The zero-order chi connectivity index (χ0) is 25.1. The third kappa shape index (κ3) is 5.21. The van der Waals surface area contributed by atoms with Gasteiger partial charge in [-0.25, -0.2) is 0 Å². The van der Waals surface area contributed by atoms with Gasteiger partial charge in [-0.2, -0.15) is 0 Å². The molecule has 2 heterocycles. The van der Waals surface area contributed by atoms with Crippen LogP contribution in [-0.4, -0.2) is 60.0 Å². The maximum absolute atomic E-state index is 14.0. The first-order valence-electron chi connectivity index (χ1n) is 13.6. The minimum Gasteiger partial charge on any atom is -0.379 e. The highest BCUT2D eigenvalue weighted by Crippen LogP contribution is 2.33. The van der Waals surface area contributed by atoms with E-state index in [1.165, 1.54) is 16.7 Å². The van der Waals surface area contributed by atoms with E-state index in [9.17, 15) is 9.59 Å². The molecule has 0 spiro atoms. The van der Waals surface area contributed by atoms with Crippen molar-refractivity contribution in [3.8, 4) is 0 Å². The highest BCUT2D eigenvalue weighted by atomic mass is 16.5. The second kappa shape index (κ2) is 11.1. The van der Waals surface area contributed by atoms with Crippen LogP contribution >= 0.6 is 0 Å². The predicted octanol–water partition coefficient (Wildman–Crippen LogP) is 3.57. The van der Waals surface area contributed by atoms with Crippen LogP contribution in [0.5, 0.6) is 0 Å². The minimum absolute atomic E-state index is 0.00759. The fourth-order valence-electron chi connectivity index (χ4n) is 6.25. The Morgan fingerprint density at radius 3 is 2.06 bits per heavy atom. The molecular formula is C30H39N3O3. The number of hydrogen-bond donors (Lipinski definition) is 1. The minimum atomic E-state index is -0.462. The summed E-state index contributed by atoms with van der Waals surface area (Å²) in [7, 11) is 0. The van der Waals surface area contributed by atoms with Crippen LogP contribution in [0.2, 0.25) is 0 Å². The lowest BCUT2D eigenvalue weighted by atomic mass is 9.86. The van der Waals surface area contributed by atoms with Crippen molar-refractivity contribution in [2.45, 2.75) is 64.7 Å². The Morgan fingerprint density at radius 1 is 0.889 bits per heavy atom. The SMILES string of the molecule is CCC(CC)[C@@H]1C(=O)N[C@H](C2Cc3ccccc3C2)C(=O)N1Cc1ccc(CN2CCOCC2)cc1. The number of nitrogens with zero attached hydrogens (tertiary/aromatic N) is 2. The second-order valence-electron chi connectivity index (χ2n) is 10.6. The molecule has 2 saturated heterocycles. The van der Waals surface area contributed by atoms with Gasteiger partial charge in [0, 0.05) is 26.2 Å². The number of carbonyl (C=O) groups is 2. The van der Waals surface area contributed by atoms with Gasteiger partial charge in [-0.3, -0.25) is 14.5 Å². The molecule has 0 radical (unpaired) electrons. The van der Waals surface area contributed by atoms with Crippen molar-refractivity contribution in [2.75, 3.05) is 26.3 Å². The average molecular weight is 490 g/mol. The van der Waals surface area contributed by atoms with E-state index in [4.69, 9.17) is 4.74 Å². The molecule has 2 aliphatic heterocycles. The first kappa shape index (κ1) is 25.0. The predicted molar refractivity (Wildman–Crippen MR) is 140 cm³/mol. The molecule has 2 amide bonds. The number of rotatable bonds is 8. The molecule has 36 heavy (non-hydrogen) atoms. The summed E-state index contributed by atoms with van der Waals surface area (Å²) >= 11 is 0. The van der Waals surface area contributed by atoms with E-state index < -0.39 is 12.1 Å². The standard InChI is InChI=1S/C30H39N3O3/c1-3-23(4-2)28-29(34)31-27(26-17-24-7-5-6-8-25(24)18-26)30(35)33(28)20-22-11-9-21(10-12-22)19-32-13-15-36-16-14-32/h5-12,23,26-28H,3-4,13-20H2,1-2H3,(H,31,34)/t27-,28-/m1/s1. The van der Waals surface area contributed by atoms with Gasteiger partial charge in [-0.1, -0.05) is 75.2 Å². The fourth-order valence-corrected chi connectivity index (χ4v) is 6.25. The molecule has 6 heteroatoms. The summed E-state index contributed by atoms with van der Waals surface area (Å²) in [6, 6.07) is 16.1. The maximum atomic E-state index is 14.0. The van der Waals surface area contributed by atoms with E-state index in [2.05, 4.69) is 72.6 Å². The summed E-state index contributed by atoms with van der Waals surface area (Å²) in [6.45, 7) is 9.13. The maximum Gasteiger partial charge on any atom is 0.246 e. The number of piperazine rings is 1. The number of amides is 2. The average Bonchev–Trinajstić information content (AvgIpc) is 3.34. The van der Waals surface area contributed by atoms with Gasteiger partial charge in [0.2, 0.25) is 11.8 Å². The summed E-state index contributed by atoms with van der Waals surface area (Å²) in [6.07, 6.45) is 3.42. The van der Waals surface area contributed by atoms with Crippen molar-refractivity contribution < 1.29 is 14.3 Å². The van der Waals surface area contributed by atoms with Crippen LogP contribution in [0.1, 0.15) is 48.9 Å². The normalized spacial score (nSPS) is 23.2. The Morgan fingerprint density at radius 2 is 1.47 bits per heavy atom. The van der Waals surface area contributed by atoms with E-state index in [1.54, 1.807) is 0 Å². The van der Waals surface area contributed by atoms with E-state index in [1.807, 2.05) is 4.90 Å². The quantitative estimate of drug-likeness (QED) is 0.616. The van der Waals surface area contributed by atoms with Crippen LogP contribution in [0.25, 0.3) is 0 Å². The van der Waals surface area contributed by atoms with Crippen molar-refractivity contribution in [1.82, 2.24) is 15.1 Å². The number of ether oxygens (including phenoxy) is 1. The number of nitrogens with one attached hydrogen (secondary N) is 1. The molecule has 192 valence electrons. The van der Waals surface area contributed by atoms with Crippen molar-refractivity contribution >= 4 is 11.8 Å². The van der Waals surface area contributed by atoms with Crippen molar-refractivity contribution in [3.63, 3.8) is 0 Å². The molecule has 0 aromatic heterocycles. The topological polar surface area (TPSA) is 61.9 Å². The van der Waals surface area contributed by atoms with Crippen LogP contribution in [-0.2, 0) is 40.3 Å². The molecule has 2 aromatic carbocycles. The van der Waals surface area contributed by atoms with Crippen LogP contribution in [0.3, 0.4) is 0 Å². The van der Waals surface area contributed by atoms with Gasteiger partial charge in [0.1, 0.15) is 12.1 Å². The summed E-state index contributed by atoms with van der Waals surface area (Å²) < 4.78 is 5.46. The molecule has 6 nitrogen and oxygen atoms in total. The molecule has 1 aliphatic carbocycles. The lowest BCUT2D eigenvalue weighted by Gasteiger charge is -2.43. The van der Waals surface area contributed by atoms with Gasteiger partial charge in [0.05, 0.1) is 13.2 Å². The zero-order valence-electron chi connectivity index (χ0n) is 21.6. The first-order valence-corrected chi connectivity index (χ1v) is 13.6. The van der Waals surface area contributed by atoms with Crippen LogP contribution < -0.4 is 5.32 Å². The number of morpholine rings is 1. The highest BCUT2D eigenvalue weighted by molar-refractivity contribution is 5.97. The molecular weight excluding hydrogens is 450 g/mol. The third-order valence-corrected chi connectivity index (χ3v) is 8.39. The van der Waals surface area contributed by atoms with Gasteiger partial charge < -0.3 is 15.0 Å². The molecule has 3 aliphatic rings. The number of carbonyl (C=O) groups excluding carboxylic acids is 2. The Bertz CT molecular complexity index is 1030. The van der Waals surface area contributed by atoms with Crippen LogP contribution in [0.15, 0.2) is 48.5 Å². The Labute approximate surface area is 215 Å². The van der Waals surface area contributed by atoms with Crippen LogP contribution in [0.4, 0.5) is 0 Å². The molecule has 5 rings (SSSR count). The first-order chi connectivity index (χ1) is 17.6. The molecule has 0 saturated carbocycles. The van der Waals surface area contributed by atoms with E-state index >= 15 is 0 Å². The fraction of sp³-hybridized carbons (Fsp3) is 0.533. The number of benzene rings is 2. The summed E-state index contributed by atoms with van der Waals surface area (Å²) in [4.78, 5) is 31.8. The zero-order valence-corrected chi connectivity index (χ0v) is 21.6. The lowest BCUT2D eigenvalue weighted by molar-refractivity contribution is -0.154. The van der Waals surface area contributed by atoms with Crippen molar-refractivity contribution in [1.29, 1.82) is 0 Å². The van der Waals surface area contributed by atoms with Crippen LogP contribution in [0, 0.1) is 11.8 Å². The van der Waals surface area contributed by atoms with E-state index in [0.717, 1.165) is 64.1 Å². The van der Waals surface area contributed by atoms with Gasteiger partial charge in [-0.15, -0.1) is 0 Å². The molecule has 0 bridgehead atoms. The molecule has 2 aromatic rings. The van der Waals surface area contributed by atoms with Crippen molar-refractivity contribution in [2.24, 2.45) is 11.8 Å². The summed E-state index contributed by atoms with van der Waals surface area (Å²) in [5.74, 6) is 0.339. The molecule has 2 fully saturated rings. The molecule has 2 atom stereocenters. The highest BCUT2D eigenvalue weighted by Gasteiger charge is 2.46. The smallest absolute Gasteiger partial charge is 0.246 e. The Balaban J connectivity index is 1.34. The lowest BCUT2D eigenvalue weighted by Crippen LogP contribution is -2.66. The number of fused-ring (bicyclic) bond motifs is 1. The molecule has 0 unspecified atom stereocenters. The van der Waals surface area contributed by atoms with Gasteiger partial charge in [0.25, 0.3) is 0 Å². The Kier molecular flexibility index (Phi) is 7.73. The van der Waals surface area contributed by atoms with E-state index in [-0.39, 0.29) is 23.7 Å². The second-order valence-corrected chi connectivity index (χ2v) is 10.6. The monoisotopic (exact) mass is 489 g/mol. The van der Waals surface area contributed by atoms with Gasteiger partial charge in [-0.05, 0) is 46.9 Å². The summed E-state index contributed by atoms with van der Waals surface area (Å²) in [5, 5.41) is 3.17. The number of hydrogen-bond acceptors (Lipinski definition) is 4.